The van der Waals surface area contributed by atoms with E-state index in [4.69, 9.17) is 5.26 Å². The summed E-state index contributed by atoms with van der Waals surface area (Å²) in [6.07, 6.45) is 0. The van der Waals surface area contributed by atoms with Gasteiger partial charge in [-0.25, -0.2) is 4.98 Å². The van der Waals surface area contributed by atoms with Gasteiger partial charge in [0, 0.05) is 5.69 Å². The number of aryl methyl sites for hydroxylation is 1. The lowest BCUT2D eigenvalue weighted by atomic mass is 10.2. The Morgan fingerprint density at radius 2 is 2.19 bits per heavy atom. The summed E-state index contributed by atoms with van der Waals surface area (Å²) < 4.78 is 1.99. The molecule has 7 heteroatoms. The summed E-state index contributed by atoms with van der Waals surface area (Å²) in [5.74, 6) is 0.395. The average Bonchev–Trinajstić information content (AvgIpc) is 2.92. The van der Waals surface area contributed by atoms with Gasteiger partial charge in [-0.2, -0.15) is 5.26 Å². The fourth-order valence-electron chi connectivity index (χ4n) is 2.10. The van der Waals surface area contributed by atoms with Gasteiger partial charge in [0.1, 0.15) is 22.2 Å². The first kappa shape index (κ1) is 13.3. The van der Waals surface area contributed by atoms with Gasteiger partial charge in [0.15, 0.2) is 0 Å². The molecule has 0 atom stereocenters. The molecule has 0 aliphatic carbocycles. The van der Waals surface area contributed by atoms with Gasteiger partial charge in [-0.1, -0.05) is 0 Å². The summed E-state index contributed by atoms with van der Waals surface area (Å²) in [5.41, 5.74) is 0.783. The maximum atomic E-state index is 12.1. The van der Waals surface area contributed by atoms with E-state index in [0.717, 1.165) is 0 Å². The molecule has 0 radical (unpaired) electrons. The number of H-pyrrole nitrogens is 1. The number of rotatable bonds is 2. The molecule has 0 bridgehead atoms. The minimum Gasteiger partial charge on any atom is -0.308 e. The van der Waals surface area contributed by atoms with Crippen molar-refractivity contribution in [3.8, 4) is 6.07 Å². The number of aromatic nitrogens is 3. The van der Waals surface area contributed by atoms with Crippen LogP contribution in [-0.2, 0) is 6.54 Å². The monoisotopic (exact) mass is 298 g/mol. The first-order valence-corrected chi connectivity index (χ1v) is 7.05. The fraction of sp³-hybridized carbons (Fsp3) is 0.143. The lowest BCUT2D eigenvalue weighted by molar-refractivity contribution is 0.691. The molecule has 3 heterocycles. The van der Waals surface area contributed by atoms with Crippen molar-refractivity contribution < 1.29 is 0 Å². The molecule has 3 rings (SSSR count). The summed E-state index contributed by atoms with van der Waals surface area (Å²) in [4.78, 5) is 31.1. The van der Waals surface area contributed by atoms with E-state index in [2.05, 4.69) is 9.97 Å². The van der Waals surface area contributed by atoms with Crippen LogP contribution in [0.2, 0.25) is 0 Å². The number of thiophene rings is 1. The molecule has 0 saturated heterocycles. The van der Waals surface area contributed by atoms with Crippen LogP contribution in [0.5, 0.6) is 0 Å². The molecule has 0 spiro atoms. The molecule has 1 N–H and O–H groups in total. The Labute approximate surface area is 122 Å². The molecule has 0 aromatic carbocycles. The van der Waals surface area contributed by atoms with Crippen LogP contribution in [0.15, 0.2) is 33.2 Å². The van der Waals surface area contributed by atoms with Crippen LogP contribution in [0, 0.1) is 18.3 Å². The Kier molecular flexibility index (Phi) is 3.16. The lowest BCUT2D eigenvalue weighted by Gasteiger charge is -2.09. The molecular weight excluding hydrogens is 288 g/mol. The first-order chi connectivity index (χ1) is 10.1. The zero-order chi connectivity index (χ0) is 15.0. The zero-order valence-electron chi connectivity index (χ0n) is 11.1. The Morgan fingerprint density at radius 3 is 2.95 bits per heavy atom. The predicted octanol–water partition coefficient (Wildman–Crippen LogP) is 1.37. The second-order valence-electron chi connectivity index (χ2n) is 4.54. The highest BCUT2D eigenvalue weighted by Crippen LogP contribution is 2.14. The van der Waals surface area contributed by atoms with Gasteiger partial charge in [-0.15, -0.1) is 11.3 Å². The fourth-order valence-corrected chi connectivity index (χ4v) is 2.82. The van der Waals surface area contributed by atoms with Gasteiger partial charge in [-0.05, 0) is 30.5 Å². The molecule has 3 aromatic rings. The van der Waals surface area contributed by atoms with Crippen LogP contribution in [0.1, 0.15) is 17.1 Å². The van der Waals surface area contributed by atoms with Crippen molar-refractivity contribution >= 4 is 21.6 Å². The summed E-state index contributed by atoms with van der Waals surface area (Å²) in [6.45, 7) is 1.89. The Bertz CT molecular complexity index is 991. The largest absolute Gasteiger partial charge is 0.308 e. The third-order valence-electron chi connectivity index (χ3n) is 3.18. The van der Waals surface area contributed by atoms with E-state index in [-0.39, 0.29) is 23.2 Å². The molecule has 0 amide bonds. The van der Waals surface area contributed by atoms with E-state index >= 15 is 0 Å². The number of hydrogen-bond donors (Lipinski definition) is 1. The average molecular weight is 298 g/mol. The van der Waals surface area contributed by atoms with Gasteiger partial charge >= 0.3 is 0 Å². The minimum absolute atomic E-state index is 0.0690. The minimum atomic E-state index is -0.384. The Balaban J connectivity index is 2.13. The van der Waals surface area contributed by atoms with E-state index in [1.165, 1.54) is 22.0 Å². The molecule has 0 aliphatic heterocycles. The second-order valence-corrected chi connectivity index (χ2v) is 5.46. The lowest BCUT2D eigenvalue weighted by Crippen LogP contribution is -2.26. The van der Waals surface area contributed by atoms with Crippen molar-refractivity contribution in [3.63, 3.8) is 0 Å². The maximum Gasteiger partial charge on any atom is 0.269 e. The molecular formula is C14H10N4O2S. The van der Waals surface area contributed by atoms with Crippen molar-refractivity contribution in [2.75, 3.05) is 0 Å². The van der Waals surface area contributed by atoms with Crippen LogP contribution < -0.4 is 11.1 Å². The number of aromatic amines is 1. The number of fused-ring (bicyclic) bond motifs is 1. The van der Waals surface area contributed by atoms with E-state index in [1.807, 2.05) is 6.07 Å². The van der Waals surface area contributed by atoms with E-state index in [0.29, 0.717) is 21.7 Å². The van der Waals surface area contributed by atoms with E-state index in [1.54, 1.807) is 24.4 Å². The standard InChI is InChI=1S/C14H10N4O2S/c1-8-2-3-9(6-15)14(20)18(8)7-11-16-10-4-5-21-12(10)13(19)17-11/h2-5H,7H2,1H3,(H,16,17,19). The summed E-state index contributed by atoms with van der Waals surface area (Å²) in [7, 11) is 0. The van der Waals surface area contributed by atoms with Gasteiger partial charge in [-0.3, -0.25) is 9.59 Å². The smallest absolute Gasteiger partial charge is 0.269 e. The summed E-state index contributed by atoms with van der Waals surface area (Å²) in [6, 6.07) is 6.81. The molecule has 0 fully saturated rings. The van der Waals surface area contributed by atoms with Crippen molar-refractivity contribution in [2.24, 2.45) is 0 Å². The van der Waals surface area contributed by atoms with E-state index in [9.17, 15) is 9.59 Å². The number of nitriles is 1. The van der Waals surface area contributed by atoms with Gasteiger partial charge in [0.2, 0.25) is 0 Å². The number of nitrogens with one attached hydrogen (secondary N) is 1. The normalized spacial score (nSPS) is 10.7. The molecule has 0 saturated carbocycles. The Morgan fingerprint density at radius 1 is 1.38 bits per heavy atom. The summed E-state index contributed by atoms with van der Waals surface area (Å²) >= 11 is 1.32. The number of pyridine rings is 1. The molecule has 0 aliphatic rings. The highest BCUT2D eigenvalue weighted by Gasteiger charge is 2.10. The van der Waals surface area contributed by atoms with Crippen molar-refractivity contribution in [2.45, 2.75) is 13.5 Å². The third kappa shape index (κ3) is 2.26. The molecule has 21 heavy (non-hydrogen) atoms. The zero-order valence-corrected chi connectivity index (χ0v) is 11.9. The van der Waals surface area contributed by atoms with Crippen molar-refractivity contribution in [3.05, 3.63) is 61.4 Å². The van der Waals surface area contributed by atoms with Gasteiger partial charge < -0.3 is 9.55 Å². The molecule has 104 valence electrons. The van der Waals surface area contributed by atoms with Crippen LogP contribution in [0.25, 0.3) is 10.2 Å². The molecule has 6 nitrogen and oxygen atoms in total. The highest BCUT2D eigenvalue weighted by molar-refractivity contribution is 7.17. The van der Waals surface area contributed by atoms with Crippen LogP contribution >= 0.6 is 11.3 Å². The predicted molar refractivity (Wildman–Crippen MR) is 79.5 cm³/mol. The van der Waals surface area contributed by atoms with Crippen molar-refractivity contribution in [1.82, 2.24) is 14.5 Å². The SMILES string of the molecule is Cc1ccc(C#N)c(=O)n1Cc1nc2ccsc2c(=O)[nH]1. The van der Waals surface area contributed by atoms with E-state index < -0.39 is 0 Å². The molecule has 3 aromatic heterocycles. The highest BCUT2D eigenvalue weighted by atomic mass is 32.1. The second kappa shape index (κ2) is 5.00. The third-order valence-corrected chi connectivity index (χ3v) is 4.09. The van der Waals surface area contributed by atoms with Crippen LogP contribution in [0.4, 0.5) is 0 Å². The van der Waals surface area contributed by atoms with Crippen LogP contribution in [0.3, 0.4) is 0 Å². The molecule has 0 unspecified atom stereocenters. The maximum absolute atomic E-state index is 12.1. The van der Waals surface area contributed by atoms with Crippen LogP contribution in [-0.4, -0.2) is 14.5 Å². The quantitative estimate of drug-likeness (QED) is 0.773. The van der Waals surface area contributed by atoms with Gasteiger partial charge in [0.05, 0.1) is 12.1 Å². The summed E-state index contributed by atoms with van der Waals surface area (Å²) in [5, 5.41) is 10.7. The first-order valence-electron chi connectivity index (χ1n) is 6.17. The number of hydrogen-bond acceptors (Lipinski definition) is 5. The van der Waals surface area contributed by atoms with Crippen molar-refractivity contribution in [1.29, 1.82) is 5.26 Å². The Hall–Kier alpha value is -2.72. The van der Waals surface area contributed by atoms with Gasteiger partial charge in [0.25, 0.3) is 11.1 Å². The number of nitrogens with zero attached hydrogens (tertiary/aromatic N) is 3. The topological polar surface area (TPSA) is 91.5 Å².